The minimum absolute atomic E-state index is 0.660. The molecule has 2 aromatic rings. The Morgan fingerprint density at radius 2 is 2.35 bits per heavy atom. The van der Waals surface area contributed by atoms with Gasteiger partial charge in [0.25, 0.3) is 0 Å². The highest BCUT2D eigenvalue weighted by Gasteiger charge is 2.06. The van der Waals surface area contributed by atoms with Gasteiger partial charge in [0.2, 0.25) is 0 Å². The standard InChI is InChI=1S/C10H12ClN5S/c1-2-12-9-4-3-7(11)8(15-9)5-17-10-13-6-14-16-10/h3-4,6H,2,5H2,1H3,(H,12,15)(H,13,14,16). The molecule has 0 bridgehead atoms. The molecule has 2 heterocycles. The molecule has 0 aromatic carbocycles. The molecule has 0 unspecified atom stereocenters. The van der Waals surface area contributed by atoms with Crippen molar-refractivity contribution >= 4 is 29.2 Å². The first-order valence-corrected chi connectivity index (χ1v) is 6.53. The number of anilines is 1. The van der Waals surface area contributed by atoms with E-state index < -0.39 is 0 Å². The Kier molecular flexibility index (Phi) is 4.22. The lowest BCUT2D eigenvalue weighted by Crippen LogP contribution is -2.01. The number of aromatic nitrogens is 4. The first-order valence-electron chi connectivity index (χ1n) is 5.17. The van der Waals surface area contributed by atoms with E-state index in [4.69, 9.17) is 11.6 Å². The zero-order chi connectivity index (χ0) is 12.1. The molecular formula is C10H12ClN5S. The highest BCUT2D eigenvalue weighted by Crippen LogP contribution is 2.24. The molecule has 0 amide bonds. The van der Waals surface area contributed by atoms with Crippen molar-refractivity contribution in [3.05, 3.63) is 29.2 Å². The van der Waals surface area contributed by atoms with E-state index in [1.807, 2.05) is 19.1 Å². The number of hydrogen-bond acceptors (Lipinski definition) is 5. The topological polar surface area (TPSA) is 66.5 Å². The van der Waals surface area contributed by atoms with Crippen LogP contribution in [0, 0.1) is 0 Å². The van der Waals surface area contributed by atoms with Gasteiger partial charge in [-0.05, 0) is 19.1 Å². The van der Waals surface area contributed by atoms with Crippen molar-refractivity contribution in [2.75, 3.05) is 11.9 Å². The Hall–Kier alpha value is -1.27. The average Bonchev–Trinajstić information content (AvgIpc) is 2.83. The molecule has 2 rings (SSSR count). The summed E-state index contributed by atoms with van der Waals surface area (Å²) in [6.07, 6.45) is 1.48. The lowest BCUT2D eigenvalue weighted by molar-refractivity contribution is 0.971. The van der Waals surface area contributed by atoms with Gasteiger partial charge < -0.3 is 5.32 Å². The van der Waals surface area contributed by atoms with Crippen molar-refractivity contribution in [3.63, 3.8) is 0 Å². The van der Waals surface area contributed by atoms with E-state index in [-0.39, 0.29) is 0 Å². The molecule has 0 saturated carbocycles. The van der Waals surface area contributed by atoms with Crippen LogP contribution in [0.4, 0.5) is 5.82 Å². The summed E-state index contributed by atoms with van der Waals surface area (Å²) in [6.45, 7) is 2.86. The largest absolute Gasteiger partial charge is 0.370 e. The van der Waals surface area contributed by atoms with Crippen LogP contribution in [0.1, 0.15) is 12.6 Å². The number of rotatable bonds is 5. The van der Waals surface area contributed by atoms with Crippen LogP contribution in [0.5, 0.6) is 0 Å². The van der Waals surface area contributed by atoms with Gasteiger partial charge in [-0.25, -0.2) is 9.97 Å². The first-order chi connectivity index (χ1) is 8.29. The SMILES string of the molecule is CCNc1ccc(Cl)c(CSc2ncn[nH]2)n1. The van der Waals surface area contributed by atoms with Crippen LogP contribution in [0.25, 0.3) is 0 Å². The quantitative estimate of drug-likeness (QED) is 0.817. The average molecular weight is 270 g/mol. The molecule has 90 valence electrons. The van der Waals surface area contributed by atoms with E-state index in [0.717, 1.165) is 23.2 Å². The highest BCUT2D eigenvalue weighted by atomic mass is 35.5. The van der Waals surface area contributed by atoms with Crippen LogP contribution in [0.15, 0.2) is 23.6 Å². The van der Waals surface area contributed by atoms with Crippen molar-refractivity contribution < 1.29 is 0 Å². The van der Waals surface area contributed by atoms with Gasteiger partial charge in [0.15, 0.2) is 5.16 Å². The predicted octanol–water partition coefficient (Wildman–Crippen LogP) is 2.58. The number of thioether (sulfide) groups is 1. The summed E-state index contributed by atoms with van der Waals surface area (Å²) >= 11 is 7.60. The third-order valence-corrected chi connectivity index (χ3v) is 3.25. The Morgan fingerprint density at radius 1 is 1.47 bits per heavy atom. The van der Waals surface area contributed by atoms with E-state index in [1.54, 1.807) is 0 Å². The first kappa shape index (κ1) is 12.2. The Balaban J connectivity index is 2.06. The number of halogens is 1. The molecule has 0 atom stereocenters. The fourth-order valence-electron chi connectivity index (χ4n) is 1.27. The minimum Gasteiger partial charge on any atom is -0.370 e. The molecule has 0 aliphatic rings. The van der Waals surface area contributed by atoms with Crippen LogP contribution in [-0.2, 0) is 5.75 Å². The van der Waals surface area contributed by atoms with E-state index in [9.17, 15) is 0 Å². The van der Waals surface area contributed by atoms with Gasteiger partial charge in [0, 0.05) is 12.3 Å². The van der Waals surface area contributed by atoms with Gasteiger partial charge in [0.1, 0.15) is 12.1 Å². The zero-order valence-electron chi connectivity index (χ0n) is 9.27. The van der Waals surface area contributed by atoms with E-state index in [0.29, 0.717) is 10.8 Å². The molecule has 0 saturated heterocycles. The molecular weight excluding hydrogens is 258 g/mol. The lowest BCUT2D eigenvalue weighted by Gasteiger charge is -2.06. The highest BCUT2D eigenvalue weighted by molar-refractivity contribution is 7.98. The predicted molar refractivity (Wildman–Crippen MR) is 69.4 cm³/mol. The van der Waals surface area contributed by atoms with Gasteiger partial charge in [-0.3, -0.25) is 5.10 Å². The summed E-state index contributed by atoms with van der Waals surface area (Å²) in [5.74, 6) is 1.50. The number of aromatic amines is 1. The fourth-order valence-corrected chi connectivity index (χ4v) is 2.25. The van der Waals surface area contributed by atoms with E-state index >= 15 is 0 Å². The second-order valence-corrected chi connectivity index (χ2v) is 4.61. The Labute approximate surface area is 108 Å². The summed E-state index contributed by atoms with van der Waals surface area (Å²) in [4.78, 5) is 8.47. The number of pyridine rings is 1. The monoisotopic (exact) mass is 269 g/mol. The minimum atomic E-state index is 0.660. The van der Waals surface area contributed by atoms with Crippen LogP contribution >= 0.6 is 23.4 Å². The summed E-state index contributed by atoms with van der Waals surface area (Å²) in [7, 11) is 0. The molecule has 2 N–H and O–H groups in total. The van der Waals surface area contributed by atoms with Gasteiger partial charge >= 0.3 is 0 Å². The van der Waals surface area contributed by atoms with Crippen molar-refractivity contribution in [3.8, 4) is 0 Å². The van der Waals surface area contributed by atoms with Gasteiger partial charge in [-0.2, -0.15) is 5.10 Å². The summed E-state index contributed by atoms with van der Waals surface area (Å²) in [6, 6.07) is 3.72. The molecule has 2 aromatic heterocycles. The maximum Gasteiger partial charge on any atom is 0.183 e. The van der Waals surface area contributed by atoms with Crippen molar-refractivity contribution in [2.24, 2.45) is 0 Å². The van der Waals surface area contributed by atoms with E-state index in [1.165, 1.54) is 18.1 Å². The van der Waals surface area contributed by atoms with Crippen LogP contribution in [0.2, 0.25) is 5.02 Å². The lowest BCUT2D eigenvalue weighted by atomic mass is 10.3. The molecule has 0 aliphatic heterocycles. The normalized spacial score (nSPS) is 10.5. The van der Waals surface area contributed by atoms with Crippen LogP contribution < -0.4 is 5.32 Å². The molecule has 0 aliphatic carbocycles. The molecule has 0 radical (unpaired) electrons. The van der Waals surface area contributed by atoms with Crippen molar-refractivity contribution in [1.29, 1.82) is 0 Å². The third-order valence-electron chi connectivity index (χ3n) is 2.02. The molecule has 0 fully saturated rings. The Morgan fingerprint density at radius 3 is 3.06 bits per heavy atom. The molecule has 5 nitrogen and oxygen atoms in total. The fraction of sp³-hybridized carbons (Fsp3) is 0.300. The van der Waals surface area contributed by atoms with Gasteiger partial charge in [0.05, 0.1) is 10.7 Å². The number of nitrogens with one attached hydrogen (secondary N) is 2. The number of hydrogen-bond donors (Lipinski definition) is 2. The van der Waals surface area contributed by atoms with Crippen molar-refractivity contribution in [1.82, 2.24) is 20.2 Å². The summed E-state index contributed by atoms with van der Waals surface area (Å²) in [5.41, 5.74) is 0.839. The van der Waals surface area contributed by atoms with Crippen LogP contribution in [-0.4, -0.2) is 26.7 Å². The number of H-pyrrole nitrogens is 1. The van der Waals surface area contributed by atoms with Gasteiger partial charge in [-0.1, -0.05) is 23.4 Å². The maximum absolute atomic E-state index is 6.09. The summed E-state index contributed by atoms with van der Waals surface area (Å²) < 4.78 is 0. The van der Waals surface area contributed by atoms with Gasteiger partial charge in [-0.15, -0.1) is 0 Å². The second-order valence-electron chi connectivity index (χ2n) is 3.23. The van der Waals surface area contributed by atoms with E-state index in [2.05, 4.69) is 25.5 Å². The number of nitrogens with zero attached hydrogens (tertiary/aromatic N) is 3. The van der Waals surface area contributed by atoms with Crippen molar-refractivity contribution in [2.45, 2.75) is 17.8 Å². The Bertz CT molecular complexity index is 474. The summed E-state index contributed by atoms with van der Waals surface area (Å²) in [5, 5.41) is 11.1. The molecule has 7 heteroatoms. The smallest absolute Gasteiger partial charge is 0.183 e. The molecule has 0 spiro atoms. The molecule has 17 heavy (non-hydrogen) atoms. The maximum atomic E-state index is 6.09. The second kappa shape index (κ2) is 5.88. The zero-order valence-corrected chi connectivity index (χ0v) is 10.8. The third kappa shape index (κ3) is 3.34. The van der Waals surface area contributed by atoms with Crippen LogP contribution in [0.3, 0.4) is 0 Å².